The lowest BCUT2D eigenvalue weighted by molar-refractivity contribution is -0.137. The van der Waals surface area contributed by atoms with Crippen LogP contribution in [-0.4, -0.2) is 26.6 Å². The summed E-state index contributed by atoms with van der Waals surface area (Å²) in [4.78, 5) is 12.6. The van der Waals surface area contributed by atoms with Crippen LogP contribution >= 0.6 is 0 Å². The number of allylic oxidation sites excluding steroid dienone is 1. The smallest absolute Gasteiger partial charge is 0.416 e. The summed E-state index contributed by atoms with van der Waals surface area (Å²) in [6.07, 6.45) is -0.174. The number of ether oxygens (including phenoxy) is 3. The minimum absolute atomic E-state index is 0.220. The van der Waals surface area contributed by atoms with Gasteiger partial charge in [-0.15, -0.1) is 0 Å². The second kappa shape index (κ2) is 9.12. The molecule has 0 atom stereocenters. The Morgan fingerprint density at radius 1 is 1.04 bits per heavy atom. The molecular formula is C21H19F3O4. The van der Waals surface area contributed by atoms with E-state index >= 15 is 0 Å². The van der Waals surface area contributed by atoms with Crippen LogP contribution in [0.1, 0.15) is 21.5 Å². The van der Waals surface area contributed by atoms with E-state index in [4.69, 9.17) is 14.2 Å². The molecule has 0 unspecified atom stereocenters. The zero-order chi connectivity index (χ0) is 20.7. The number of carbonyl (C=O) groups is 1. The minimum atomic E-state index is -4.41. The van der Waals surface area contributed by atoms with Crippen LogP contribution in [0.4, 0.5) is 13.2 Å². The first kappa shape index (κ1) is 21.1. The van der Waals surface area contributed by atoms with Gasteiger partial charge in [-0.3, -0.25) is 4.79 Å². The molecule has 0 fully saturated rings. The molecule has 0 aliphatic carbocycles. The summed E-state index contributed by atoms with van der Waals surface area (Å²) in [5, 5.41) is 0. The first-order valence-corrected chi connectivity index (χ1v) is 8.19. The predicted molar refractivity (Wildman–Crippen MR) is 100 cm³/mol. The Morgan fingerprint density at radius 2 is 1.68 bits per heavy atom. The Bertz CT molecular complexity index is 868. The molecule has 2 aromatic carbocycles. The number of alkyl halides is 3. The van der Waals surface area contributed by atoms with Gasteiger partial charge in [-0.05, 0) is 29.8 Å². The van der Waals surface area contributed by atoms with E-state index in [9.17, 15) is 18.0 Å². The van der Waals surface area contributed by atoms with Gasteiger partial charge in [-0.2, -0.15) is 13.2 Å². The van der Waals surface area contributed by atoms with Crippen LogP contribution in [0, 0.1) is 0 Å². The third-order valence-electron chi connectivity index (χ3n) is 3.77. The van der Waals surface area contributed by atoms with Gasteiger partial charge >= 0.3 is 6.18 Å². The number of carbonyl (C=O) groups excluding carboxylic acids is 1. The summed E-state index contributed by atoms with van der Waals surface area (Å²) in [6, 6.07) is 7.50. The van der Waals surface area contributed by atoms with Gasteiger partial charge in [-0.1, -0.05) is 30.9 Å². The molecule has 4 nitrogen and oxygen atoms in total. The van der Waals surface area contributed by atoms with Gasteiger partial charge in [-0.25, -0.2) is 0 Å². The molecule has 0 N–H and O–H groups in total. The minimum Gasteiger partial charge on any atom is -0.496 e. The van der Waals surface area contributed by atoms with Crippen LogP contribution in [0.25, 0.3) is 6.08 Å². The number of hydrogen-bond acceptors (Lipinski definition) is 4. The van der Waals surface area contributed by atoms with Crippen LogP contribution in [0.2, 0.25) is 0 Å². The second-order valence-corrected chi connectivity index (χ2v) is 5.62. The predicted octanol–water partition coefficient (Wildman–Crippen LogP) is 5.18. The highest BCUT2D eigenvalue weighted by molar-refractivity contribution is 6.09. The molecule has 0 saturated carbocycles. The molecular weight excluding hydrogens is 373 g/mol. The highest BCUT2D eigenvalue weighted by Gasteiger charge is 2.29. The third kappa shape index (κ3) is 5.16. The summed E-state index contributed by atoms with van der Waals surface area (Å²) < 4.78 is 53.8. The molecule has 148 valence electrons. The largest absolute Gasteiger partial charge is 0.496 e. The van der Waals surface area contributed by atoms with Crippen LogP contribution in [0.5, 0.6) is 17.2 Å². The van der Waals surface area contributed by atoms with Gasteiger partial charge in [0.25, 0.3) is 0 Å². The maximum atomic E-state index is 12.6. The molecule has 0 spiro atoms. The fraction of sp³-hybridized carbons (Fsp3) is 0.190. The average Bonchev–Trinajstić information content (AvgIpc) is 2.69. The van der Waals surface area contributed by atoms with Gasteiger partial charge in [0.2, 0.25) is 0 Å². The van der Waals surface area contributed by atoms with Crippen molar-refractivity contribution in [1.82, 2.24) is 0 Å². The normalized spacial score (nSPS) is 11.3. The third-order valence-corrected chi connectivity index (χ3v) is 3.77. The Hall–Kier alpha value is -3.22. The van der Waals surface area contributed by atoms with Crippen molar-refractivity contribution in [3.63, 3.8) is 0 Å². The van der Waals surface area contributed by atoms with Crippen LogP contribution < -0.4 is 14.2 Å². The first-order valence-electron chi connectivity index (χ1n) is 8.19. The van der Waals surface area contributed by atoms with E-state index in [0.29, 0.717) is 17.1 Å². The van der Waals surface area contributed by atoms with Gasteiger partial charge in [0.1, 0.15) is 12.4 Å². The Kier molecular flexibility index (Phi) is 6.87. The standard InChI is InChI=1S/C21H19F3O4/c1-4-11-28-20-12-16(18(26-2)13-19(20)27-3)17(25)10-7-14-5-8-15(9-6-14)21(22,23)24/h4-10,12-13H,1,11H2,2-3H3. The fourth-order valence-corrected chi connectivity index (χ4v) is 2.37. The van der Waals surface area contributed by atoms with E-state index in [0.717, 1.165) is 12.1 Å². The number of benzene rings is 2. The monoisotopic (exact) mass is 392 g/mol. The van der Waals surface area contributed by atoms with Crippen LogP contribution in [0.3, 0.4) is 0 Å². The summed E-state index contributed by atoms with van der Waals surface area (Å²) in [5.41, 5.74) is -0.0701. The molecule has 28 heavy (non-hydrogen) atoms. The van der Waals surface area contributed by atoms with Gasteiger partial charge < -0.3 is 14.2 Å². The number of rotatable bonds is 8. The van der Waals surface area contributed by atoms with Crippen molar-refractivity contribution >= 4 is 11.9 Å². The quantitative estimate of drug-likeness (QED) is 0.353. The first-order chi connectivity index (χ1) is 13.3. The van der Waals surface area contributed by atoms with Gasteiger partial charge in [0.15, 0.2) is 17.3 Å². The van der Waals surface area contributed by atoms with Crippen molar-refractivity contribution in [2.75, 3.05) is 20.8 Å². The molecule has 0 bridgehead atoms. The van der Waals surface area contributed by atoms with E-state index in [1.165, 1.54) is 50.6 Å². The van der Waals surface area contributed by atoms with Crippen molar-refractivity contribution in [1.29, 1.82) is 0 Å². The average molecular weight is 392 g/mol. The molecule has 2 rings (SSSR count). The molecule has 0 aromatic heterocycles. The van der Waals surface area contributed by atoms with E-state index in [1.807, 2.05) is 0 Å². The number of hydrogen-bond donors (Lipinski definition) is 0. The van der Waals surface area contributed by atoms with E-state index < -0.39 is 17.5 Å². The number of ketones is 1. The molecule has 0 radical (unpaired) electrons. The highest BCUT2D eigenvalue weighted by atomic mass is 19.4. The van der Waals surface area contributed by atoms with E-state index in [-0.39, 0.29) is 17.9 Å². The molecule has 0 aliphatic rings. The van der Waals surface area contributed by atoms with Crippen LogP contribution in [-0.2, 0) is 6.18 Å². The van der Waals surface area contributed by atoms with Crippen molar-refractivity contribution in [2.45, 2.75) is 6.18 Å². The zero-order valence-electron chi connectivity index (χ0n) is 15.4. The molecule has 0 amide bonds. The summed E-state index contributed by atoms with van der Waals surface area (Å²) in [5.74, 6) is 0.615. The Balaban J connectivity index is 2.29. The van der Waals surface area contributed by atoms with Crippen molar-refractivity contribution in [3.8, 4) is 17.2 Å². The highest BCUT2D eigenvalue weighted by Crippen LogP contribution is 2.35. The topological polar surface area (TPSA) is 44.8 Å². The molecule has 0 aliphatic heterocycles. The fourth-order valence-electron chi connectivity index (χ4n) is 2.37. The SMILES string of the molecule is C=CCOc1cc(C(=O)C=Cc2ccc(C(F)(F)F)cc2)c(OC)cc1OC. The van der Waals surface area contributed by atoms with Crippen molar-refractivity contribution in [3.05, 3.63) is 71.8 Å². The summed E-state index contributed by atoms with van der Waals surface area (Å²) in [7, 11) is 2.87. The molecule has 0 heterocycles. The van der Waals surface area contributed by atoms with E-state index in [2.05, 4.69) is 6.58 Å². The maximum absolute atomic E-state index is 12.6. The second-order valence-electron chi connectivity index (χ2n) is 5.62. The lowest BCUT2D eigenvalue weighted by Crippen LogP contribution is -2.04. The zero-order valence-corrected chi connectivity index (χ0v) is 15.4. The van der Waals surface area contributed by atoms with Crippen LogP contribution in [0.15, 0.2) is 55.1 Å². The summed E-state index contributed by atoms with van der Waals surface area (Å²) >= 11 is 0. The van der Waals surface area contributed by atoms with Crippen molar-refractivity contribution < 1.29 is 32.2 Å². The Labute approximate surface area is 160 Å². The lowest BCUT2D eigenvalue weighted by atomic mass is 10.1. The molecule has 2 aromatic rings. The number of halogens is 3. The number of methoxy groups -OCH3 is 2. The van der Waals surface area contributed by atoms with Gasteiger partial charge in [0, 0.05) is 6.07 Å². The Morgan fingerprint density at radius 3 is 2.21 bits per heavy atom. The van der Waals surface area contributed by atoms with Gasteiger partial charge in [0.05, 0.1) is 25.3 Å². The molecule has 7 heteroatoms. The maximum Gasteiger partial charge on any atom is 0.416 e. The summed E-state index contributed by atoms with van der Waals surface area (Å²) in [6.45, 7) is 3.79. The molecule has 0 saturated heterocycles. The van der Waals surface area contributed by atoms with Crippen molar-refractivity contribution in [2.24, 2.45) is 0 Å². The lowest BCUT2D eigenvalue weighted by Gasteiger charge is -2.13. The van der Waals surface area contributed by atoms with E-state index in [1.54, 1.807) is 6.08 Å².